The summed E-state index contributed by atoms with van der Waals surface area (Å²) in [6.07, 6.45) is 1.63. The lowest BCUT2D eigenvalue weighted by Crippen LogP contribution is -2.04. The van der Waals surface area contributed by atoms with Crippen LogP contribution in [0.3, 0.4) is 0 Å². The lowest BCUT2D eigenvalue weighted by atomic mass is 10.4. The van der Waals surface area contributed by atoms with Crippen LogP contribution in [0.5, 0.6) is 0 Å². The quantitative estimate of drug-likeness (QED) is 0.617. The van der Waals surface area contributed by atoms with E-state index in [1.807, 2.05) is 24.6 Å². The van der Waals surface area contributed by atoms with Crippen LogP contribution in [-0.2, 0) is 7.05 Å². The van der Waals surface area contributed by atoms with Crippen molar-refractivity contribution in [3.05, 3.63) is 28.4 Å². The van der Waals surface area contributed by atoms with E-state index in [0.29, 0.717) is 5.52 Å². The number of imidazole rings is 1. The van der Waals surface area contributed by atoms with Crippen molar-refractivity contribution >= 4 is 11.0 Å². The second-order valence-corrected chi connectivity index (χ2v) is 2.76. The second kappa shape index (κ2) is 2.20. The Labute approximate surface area is 68.9 Å². The highest BCUT2D eigenvalue weighted by Crippen LogP contribution is 2.07. The number of nitrogens with one attached hydrogen (secondary N) is 1. The van der Waals surface area contributed by atoms with Crippen LogP contribution < -0.4 is 5.56 Å². The molecule has 0 bridgehead atoms. The molecule has 0 spiro atoms. The Morgan fingerprint density at radius 3 is 3.00 bits per heavy atom. The Balaban J connectivity index is 3.05. The predicted octanol–water partition coefficient (Wildman–Crippen LogP) is 0.570. The first kappa shape index (κ1) is 7.09. The summed E-state index contributed by atoms with van der Waals surface area (Å²) in [6, 6.07) is 1.84. The minimum atomic E-state index is -0.129. The summed E-state index contributed by atoms with van der Waals surface area (Å²) in [6.45, 7) is 1.87. The van der Waals surface area contributed by atoms with Gasteiger partial charge in [-0.1, -0.05) is 0 Å². The number of aromatic amines is 1. The van der Waals surface area contributed by atoms with Crippen LogP contribution in [-0.4, -0.2) is 14.5 Å². The Kier molecular flexibility index (Phi) is 1.30. The van der Waals surface area contributed by atoms with Crippen LogP contribution in [0.15, 0.2) is 17.1 Å². The molecule has 0 aliphatic carbocycles. The Bertz CT molecular complexity index is 480. The molecule has 4 heteroatoms. The van der Waals surface area contributed by atoms with Gasteiger partial charge in [0.05, 0.1) is 5.52 Å². The molecule has 0 amide bonds. The first-order valence-corrected chi connectivity index (χ1v) is 3.71. The summed E-state index contributed by atoms with van der Waals surface area (Å²) in [7, 11) is 1.89. The fraction of sp³-hybridized carbons (Fsp3) is 0.250. The normalized spacial score (nSPS) is 10.8. The number of aryl methyl sites for hydroxylation is 2. The van der Waals surface area contributed by atoms with Crippen LogP contribution in [0.25, 0.3) is 11.0 Å². The van der Waals surface area contributed by atoms with Gasteiger partial charge in [0.1, 0.15) is 5.82 Å². The molecular weight excluding hydrogens is 154 g/mol. The Hall–Kier alpha value is -1.58. The highest BCUT2D eigenvalue weighted by atomic mass is 16.1. The van der Waals surface area contributed by atoms with Crippen molar-refractivity contribution in [1.29, 1.82) is 0 Å². The van der Waals surface area contributed by atoms with Gasteiger partial charge < -0.3 is 9.55 Å². The van der Waals surface area contributed by atoms with Crippen LogP contribution in [0, 0.1) is 6.92 Å². The summed E-state index contributed by atoms with van der Waals surface area (Å²) in [5.41, 5.74) is 1.25. The van der Waals surface area contributed by atoms with E-state index in [9.17, 15) is 4.79 Å². The molecule has 12 heavy (non-hydrogen) atoms. The largest absolute Gasteiger partial charge is 0.331 e. The summed E-state index contributed by atoms with van der Waals surface area (Å²) < 4.78 is 1.89. The van der Waals surface area contributed by atoms with E-state index < -0.39 is 0 Å². The van der Waals surface area contributed by atoms with Crippen molar-refractivity contribution < 1.29 is 0 Å². The molecule has 2 rings (SSSR count). The third-order valence-corrected chi connectivity index (χ3v) is 2.03. The average molecular weight is 163 g/mol. The number of aromatic nitrogens is 3. The van der Waals surface area contributed by atoms with E-state index in [-0.39, 0.29) is 5.56 Å². The molecule has 2 aromatic rings. The van der Waals surface area contributed by atoms with Gasteiger partial charge in [-0.25, -0.2) is 4.98 Å². The zero-order chi connectivity index (χ0) is 8.72. The predicted molar refractivity (Wildman–Crippen MR) is 46.1 cm³/mol. The number of H-pyrrole nitrogens is 1. The minimum Gasteiger partial charge on any atom is -0.331 e. The van der Waals surface area contributed by atoms with Gasteiger partial charge in [-0.2, -0.15) is 0 Å². The van der Waals surface area contributed by atoms with E-state index in [1.54, 1.807) is 6.20 Å². The van der Waals surface area contributed by atoms with E-state index in [1.165, 1.54) is 0 Å². The van der Waals surface area contributed by atoms with Gasteiger partial charge in [0.15, 0.2) is 5.52 Å². The Morgan fingerprint density at radius 2 is 2.33 bits per heavy atom. The fourth-order valence-electron chi connectivity index (χ4n) is 1.25. The van der Waals surface area contributed by atoms with E-state index in [4.69, 9.17) is 0 Å². The summed E-state index contributed by atoms with van der Waals surface area (Å²) in [5.74, 6) is 0.849. The zero-order valence-electron chi connectivity index (χ0n) is 6.96. The number of hydrogen-bond acceptors (Lipinski definition) is 2. The average Bonchev–Trinajstić information content (AvgIpc) is 2.32. The van der Waals surface area contributed by atoms with E-state index in [2.05, 4.69) is 9.97 Å². The molecule has 2 aromatic heterocycles. The maximum Gasteiger partial charge on any atom is 0.276 e. The topological polar surface area (TPSA) is 50.7 Å². The summed E-state index contributed by atoms with van der Waals surface area (Å²) in [4.78, 5) is 17.9. The standard InChI is InChI=1S/C8H9N3O/c1-5-10-7-6(11(5)2)3-4-9-8(7)12/h3-4H,1-2H3,(H,9,12). The third kappa shape index (κ3) is 0.777. The second-order valence-electron chi connectivity index (χ2n) is 2.76. The molecule has 1 N–H and O–H groups in total. The molecule has 0 saturated heterocycles. The van der Waals surface area contributed by atoms with Gasteiger partial charge in [-0.3, -0.25) is 4.79 Å². The first-order chi connectivity index (χ1) is 5.70. The van der Waals surface area contributed by atoms with Gasteiger partial charge in [0.25, 0.3) is 5.56 Å². The van der Waals surface area contributed by atoms with Gasteiger partial charge in [0, 0.05) is 13.2 Å². The molecule has 0 atom stereocenters. The van der Waals surface area contributed by atoms with Crippen molar-refractivity contribution in [2.75, 3.05) is 0 Å². The molecule has 0 aromatic carbocycles. The van der Waals surface area contributed by atoms with Crippen LogP contribution in [0.1, 0.15) is 5.82 Å². The number of nitrogens with zero attached hydrogens (tertiary/aromatic N) is 2. The molecular formula is C8H9N3O. The highest BCUT2D eigenvalue weighted by Gasteiger charge is 2.05. The van der Waals surface area contributed by atoms with Gasteiger partial charge in [0.2, 0.25) is 0 Å². The summed E-state index contributed by atoms with van der Waals surface area (Å²) >= 11 is 0. The molecule has 62 valence electrons. The van der Waals surface area contributed by atoms with Gasteiger partial charge >= 0.3 is 0 Å². The van der Waals surface area contributed by atoms with Crippen LogP contribution in [0.2, 0.25) is 0 Å². The van der Waals surface area contributed by atoms with Crippen molar-refractivity contribution in [2.24, 2.45) is 7.05 Å². The smallest absolute Gasteiger partial charge is 0.276 e. The number of rotatable bonds is 0. The monoisotopic (exact) mass is 163 g/mol. The molecule has 0 radical (unpaired) electrons. The lowest BCUT2D eigenvalue weighted by molar-refractivity contribution is 0.886. The molecule has 0 aliphatic rings. The maximum atomic E-state index is 11.2. The Morgan fingerprint density at radius 1 is 1.58 bits per heavy atom. The molecule has 0 aliphatic heterocycles. The third-order valence-electron chi connectivity index (χ3n) is 2.03. The van der Waals surface area contributed by atoms with Gasteiger partial charge in [-0.15, -0.1) is 0 Å². The van der Waals surface area contributed by atoms with E-state index in [0.717, 1.165) is 11.3 Å². The number of fused-ring (bicyclic) bond motifs is 1. The zero-order valence-corrected chi connectivity index (χ0v) is 6.96. The molecule has 0 fully saturated rings. The van der Waals surface area contributed by atoms with Crippen molar-refractivity contribution in [1.82, 2.24) is 14.5 Å². The lowest BCUT2D eigenvalue weighted by Gasteiger charge is -1.93. The first-order valence-electron chi connectivity index (χ1n) is 3.71. The maximum absolute atomic E-state index is 11.2. The SMILES string of the molecule is Cc1nc2c(=O)[nH]ccc2n1C. The van der Waals surface area contributed by atoms with Crippen molar-refractivity contribution in [2.45, 2.75) is 6.92 Å². The molecule has 0 saturated carbocycles. The molecule has 0 unspecified atom stereocenters. The highest BCUT2D eigenvalue weighted by molar-refractivity contribution is 5.74. The van der Waals surface area contributed by atoms with Crippen molar-refractivity contribution in [3.8, 4) is 0 Å². The molecule has 2 heterocycles. The fourth-order valence-corrected chi connectivity index (χ4v) is 1.25. The number of pyridine rings is 1. The minimum absolute atomic E-state index is 0.129. The van der Waals surface area contributed by atoms with Crippen molar-refractivity contribution in [3.63, 3.8) is 0 Å². The van der Waals surface area contributed by atoms with Crippen LogP contribution >= 0.6 is 0 Å². The number of hydrogen-bond donors (Lipinski definition) is 1. The molecule has 4 nitrogen and oxygen atoms in total. The van der Waals surface area contributed by atoms with Crippen LogP contribution in [0.4, 0.5) is 0 Å². The van der Waals surface area contributed by atoms with E-state index >= 15 is 0 Å². The summed E-state index contributed by atoms with van der Waals surface area (Å²) in [5, 5.41) is 0. The van der Waals surface area contributed by atoms with Gasteiger partial charge in [-0.05, 0) is 13.0 Å².